The molecular weight excluding hydrogens is 377 g/mol. The largest absolute Gasteiger partial charge is 0.406 e. The molecule has 0 aliphatic carbocycles. The van der Waals surface area contributed by atoms with Crippen LogP contribution in [-0.2, 0) is 11.3 Å². The highest BCUT2D eigenvalue weighted by molar-refractivity contribution is 9.10. The van der Waals surface area contributed by atoms with Gasteiger partial charge >= 0.3 is 6.18 Å². The Labute approximate surface area is 138 Å². The molecule has 0 saturated carbocycles. The number of rotatable bonds is 3. The molecule has 1 aliphatic rings. The van der Waals surface area contributed by atoms with Crippen LogP contribution >= 0.6 is 15.9 Å². The Morgan fingerprint density at radius 2 is 2.22 bits per heavy atom. The molecule has 0 spiro atoms. The predicted octanol–water partition coefficient (Wildman–Crippen LogP) is 3.48. The summed E-state index contributed by atoms with van der Waals surface area (Å²) in [5.74, 6) is -0.381. The van der Waals surface area contributed by atoms with E-state index >= 15 is 0 Å². The molecular formula is C15H14BrF3N2O2. The maximum Gasteiger partial charge on any atom is 0.406 e. The number of aromatic nitrogens is 1. The molecule has 1 amide bonds. The molecule has 0 radical (unpaired) electrons. The Kier molecular flexibility index (Phi) is 4.37. The van der Waals surface area contributed by atoms with Gasteiger partial charge in [0.05, 0.1) is 23.7 Å². The zero-order chi connectivity index (χ0) is 16.6. The number of benzene rings is 1. The number of hydrogen-bond donors (Lipinski definition) is 1. The molecule has 0 bridgehead atoms. The van der Waals surface area contributed by atoms with E-state index in [9.17, 15) is 18.0 Å². The molecule has 23 heavy (non-hydrogen) atoms. The number of halogens is 4. The summed E-state index contributed by atoms with van der Waals surface area (Å²) < 4.78 is 45.2. The Balaban J connectivity index is 1.97. The molecule has 1 unspecified atom stereocenters. The number of fused-ring (bicyclic) bond motifs is 1. The van der Waals surface area contributed by atoms with Crippen molar-refractivity contribution in [1.82, 2.24) is 9.88 Å². The van der Waals surface area contributed by atoms with E-state index in [0.717, 1.165) is 4.57 Å². The van der Waals surface area contributed by atoms with E-state index in [0.29, 0.717) is 35.0 Å². The van der Waals surface area contributed by atoms with Crippen molar-refractivity contribution in [1.29, 1.82) is 0 Å². The third-order valence-corrected chi connectivity index (χ3v) is 4.20. The maximum absolute atomic E-state index is 12.8. The summed E-state index contributed by atoms with van der Waals surface area (Å²) in [6.07, 6.45) is -2.39. The summed E-state index contributed by atoms with van der Waals surface area (Å²) in [6, 6.07) is 4.83. The first-order valence-electron chi connectivity index (χ1n) is 7.07. The van der Waals surface area contributed by atoms with E-state index in [1.54, 1.807) is 18.2 Å². The molecule has 1 N–H and O–H groups in total. The van der Waals surface area contributed by atoms with E-state index in [1.807, 2.05) is 0 Å². The van der Waals surface area contributed by atoms with Crippen LogP contribution in [0.2, 0.25) is 0 Å². The van der Waals surface area contributed by atoms with Gasteiger partial charge in [-0.2, -0.15) is 13.2 Å². The minimum absolute atomic E-state index is 0.0982. The van der Waals surface area contributed by atoms with E-state index in [-0.39, 0.29) is 17.5 Å². The first-order valence-corrected chi connectivity index (χ1v) is 7.86. The molecule has 1 aromatic heterocycles. The van der Waals surface area contributed by atoms with Gasteiger partial charge in [-0.1, -0.05) is 22.0 Å². The lowest BCUT2D eigenvalue weighted by Gasteiger charge is -2.10. The maximum atomic E-state index is 12.8. The zero-order valence-electron chi connectivity index (χ0n) is 12.0. The van der Waals surface area contributed by atoms with Gasteiger partial charge in [0.1, 0.15) is 6.54 Å². The van der Waals surface area contributed by atoms with Crippen molar-refractivity contribution in [2.75, 3.05) is 13.2 Å². The Morgan fingerprint density at radius 1 is 1.43 bits per heavy atom. The standard InChI is InChI=1S/C15H14BrF3N2O2/c16-9-1-2-11-12(14(22)20-10-3-4-23-7-10)6-21(13(11)5-9)8-15(17,18)19/h1-2,5-6,10H,3-4,7-8H2,(H,20,22). The number of carbonyl (C=O) groups is 1. The quantitative estimate of drug-likeness (QED) is 0.871. The predicted molar refractivity (Wildman–Crippen MR) is 82.4 cm³/mol. The van der Waals surface area contributed by atoms with Gasteiger partial charge in [0, 0.05) is 22.7 Å². The number of amides is 1. The van der Waals surface area contributed by atoms with E-state index in [1.165, 1.54) is 6.20 Å². The molecule has 1 atom stereocenters. The first kappa shape index (κ1) is 16.3. The fraction of sp³-hybridized carbons (Fsp3) is 0.400. The molecule has 1 saturated heterocycles. The van der Waals surface area contributed by atoms with Gasteiger partial charge in [-0.05, 0) is 18.6 Å². The number of carbonyl (C=O) groups excluding carboxylic acids is 1. The van der Waals surface area contributed by atoms with E-state index in [4.69, 9.17) is 4.74 Å². The summed E-state index contributed by atoms with van der Waals surface area (Å²) in [7, 11) is 0. The van der Waals surface area contributed by atoms with Crippen molar-refractivity contribution in [2.45, 2.75) is 25.2 Å². The SMILES string of the molecule is O=C(NC1CCOC1)c1cn(CC(F)(F)F)c2cc(Br)ccc12. The topological polar surface area (TPSA) is 43.3 Å². The van der Waals surface area contributed by atoms with Crippen LogP contribution in [0.5, 0.6) is 0 Å². The lowest BCUT2D eigenvalue weighted by Crippen LogP contribution is -2.34. The molecule has 1 aliphatic heterocycles. The van der Waals surface area contributed by atoms with Crippen molar-refractivity contribution in [2.24, 2.45) is 0 Å². The van der Waals surface area contributed by atoms with Crippen LogP contribution in [0.4, 0.5) is 13.2 Å². The molecule has 124 valence electrons. The molecule has 8 heteroatoms. The highest BCUT2D eigenvalue weighted by Crippen LogP contribution is 2.28. The zero-order valence-corrected chi connectivity index (χ0v) is 13.6. The Hall–Kier alpha value is -1.54. The minimum Gasteiger partial charge on any atom is -0.379 e. The Bertz CT molecular complexity index is 736. The minimum atomic E-state index is -4.36. The third-order valence-electron chi connectivity index (χ3n) is 3.70. The second-order valence-corrected chi connectivity index (χ2v) is 6.40. The van der Waals surface area contributed by atoms with Gasteiger partial charge in [-0.25, -0.2) is 0 Å². The van der Waals surface area contributed by atoms with Gasteiger partial charge < -0.3 is 14.6 Å². The smallest absolute Gasteiger partial charge is 0.379 e. The average molecular weight is 391 g/mol. The summed E-state index contributed by atoms with van der Waals surface area (Å²) in [6.45, 7) is -0.133. The van der Waals surface area contributed by atoms with Gasteiger partial charge in [-0.15, -0.1) is 0 Å². The second kappa shape index (κ2) is 6.16. The monoisotopic (exact) mass is 390 g/mol. The third kappa shape index (κ3) is 3.69. The van der Waals surface area contributed by atoms with Crippen molar-refractivity contribution >= 4 is 32.7 Å². The van der Waals surface area contributed by atoms with Crippen LogP contribution in [0, 0.1) is 0 Å². The number of nitrogens with zero attached hydrogens (tertiary/aromatic N) is 1. The van der Waals surface area contributed by atoms with Gasteiger partial charge in [0.15, 0.2) is 0 Å². The number of nitrogens with one attached hydrogen (secondary N) is 1. The highest BCUT2D eigenvalue weighted by atomic mass is 79.9. The molecule has 2 heterocycles. The van der Waals surface area contributed by atoms with E-state index < -0.39 is 12.7 Å². The average Bonchev–Trinajstić information content (AvgIpc) is 3.06. The fourth-order valence-electron chi connectivity index (χ4n) is 2.68. The van der Waals surface area contributed by atoms with Crippen LogP contribution in [0.3, 0.4) is 0 Å². The van der Waals surface area contributed by atoms with Crippen LogP contribution < -0.4 is 5.32 Å². The number of alkyl halides is 3. The van der Waals surface area contributed by atoms with E-state index in [2.05, 4.69) is 21.2 Å². The first-order chi connectivity index (χ1) is 10.8. The lowest BCUT2D eigenvalue weighted by atomic mass is 10.1. The van der Waals surface area contributed by atoms with Gasteiger partial charge in [0.25, 0.3) is 5.91 Å². The highest BCUT2D eigenvalue weighted by Gasteiger charge is 2.30. The van der Waals surface area contributed by atoms with Crippen molar-refractivity contribution in [3.63, 3.8) is 0 Å². The fourth-order valence-corrected chi connectivity index (χ4v) is 3.03. The van der Waals surface area contributed by atoms with Crippen LogP contribution in [-0.4, -0.2) is 35.9 Å². The molecule has 1 aromatic carbocycles. The summed E-state index contributed by atoms with van der Waals surface area (Å²) >= 11 is 3.25. The van der Waals surface area contributed by atoms with Gasteiger partial charge in [-0.3, -0.25) is 4.79 Å². The molecule has 2 aromatic rings. The molecule has 1 fully saturated rings. The summed E-state index contributed by atoms with van der Waals surface area (Å²) in [4.78, 5) is 12.4. The van der Waals surface area contributed by atoms with Crippen LogP contribution in [0.15, 0.2) is 28.9 Å². The summed E-state index contributed by atoms with van der Waals surface area (Å²) in [5, 5.41) is 3.30. The summed E-state index contributed by atoms with van der Waals surface area (Å²) in [5.41, 5.74) is 0.605. The number of hydrogen-bond acceptors (Lipinski definition) is 2. The van der Waals surface area contributed by atoms with Crippen molar-refractivity contribution in [3.05, 3.63) is 34.4 Å². The van der Waals surface area contributed by atoms with Gasteiger partial charge in [0.2, 0.25) is 0 Å². The second-order valence-electron chi connectivity index (χ2n) is 5.48. The Morgan fingerprint density at radius 3 is 2.87 bits per heavy atom. The molecule has 3 rings (SSSR count). The van der Waals surface area contributed by atoms with Crippen molar-refractivity contribution < 1.29 is 22.7 Å². The van der Waals surface area contributed by atoms with Crippen LogP contribution in [0.25, 0.3) is 10.9 Å². The lowest BCUT2D eigenvalue weighted by molar-refractivity contribution is -0.139. The van der Waals surface area contributed by atoms with Crippen LogP contribution in [0.1, 0.15) is 16.8 Å². The van der Waals surface area contributed by atoms with Crippen molar-refractivity contribution in [3.8, 4) is 0 Å². The normalized spacial score (nSPS) is 18.5. The molecule has 4 nitrogen and oxygen atoms in total. The number of ether oxygens (including phenoxy) is 1.